The molecule has 2 aromatic heterocycles. The number of hydrogen-bond acceptors (Lipinski definition) is 3. The van der Waals surface area contributed by atoms with Gasteiger partial charge in [0.1, 0.15) is 17.3 Å². The van der Waals surface area contributed by atoms with Crippen molar-refractivity contribution in [1.29, 1.82) is 0 Å². The van der Waals surface area contributed by atoms with E-state index in [1.54, 1.807) is 9.80 Å². The first-order valence-corrected chi connectivity index (χ1v) is 10.0. The highest BCUT2D eigenvalue weighted by Crippen LogP contribution is 2.15. The lowest BCUT2D eigenvalue weighted by Gasteiger charge is -2.20. The standard InChI is InChI=1S/C23H22F2N4O2/c1-16-3-2-9-29-15-19(26-23(16)29)14-28-12-11-27(10-8-22(28)31)21(30)7-4-17-13-18(24)5-6-20(17)25/h2-7,9,13,15H,8,10-12,14H2,1H3. The minimum absolute atomic E-state index is 0.00279. The molecule has 0 unspecified atom stereocenters. The van der Waals surface area contributed by atoms with Crippen LogP contribution in [0.25, 0.3) is 11.7 Å². The van der Waals surface area contributed by atoms with Crippen LogP contribution >= 0.6 is 0 Å². The third-order valence-electron chi connectivity index (χ3n) is 5.34. The molecule has 0 radical (unpaired) electrons. The third-order valence-corrected chi connectivity index (χ3v) is 5.34. The molecule has 3 aromatic rings. The number of hydrogen-bond donors (Lipinski definition) is 0. The van der Waals surface area contributed by atoms with E-state index in [0.717, 1.165) is 35.1 Å². The number of nitrogens with zero attached hydrogens (tertiary/aromatic N) is 4. The van der Waals surface area contributed by atoms with Crippen molar-refractivity contribution in [2.45, 2.75) is 19.9 Å². The smallest absolute Gasteiger partial charge is 0.246 e. The molecule has 0 saturated carbocycles. The molecule has 0 N–H and O–H groups in total. The Labute approximate surface area is 178 Å². The molecule has 0 spiro atoms. The zero-order chi connectivity index (χ0) is 22.0. The van der Waals surface area contributed by atoms with Crippen LogP contribution in [0.2, 0.25) is 0 Å². The number of rotatable bonds is 4. The molecule has 31 heavy (non-hydrogen) atoms. The van der Waals surface area contributed by atoms with E-state index < -0.39 is 11.6 Å². The van der Waals surface area contributed by atoms with Gasteiger partial charge in [-0.25, -0.2) is 13.8 Å². The lowest BCUT2D eigenvalue weighted by atomic mass is 10.2. The van der Waals surface area contributed by atoms with Crippen molar-refractivity contribution in [3.63, 3.8) is 0 Å². The quantitative estimate of drug-likeness (QED) is 0.605. The van der Waals surface area contributed by atoms with Gasteiger partial charge in [-0.1, -0.05) is 6.07 Å². The summed E-state index contributed by atoms with van der Waals surface area (Å²) in [6.45, 7) is 3.35. The minimum atomic E-state index is -0.606. The van der Waals surface area contributed by atoms with Crippen LogP contribution in [0.3, 0.4) is 0 Å². The normalized spacial score (nSPS) is 15.1. The Morgan fingerprint density at radius 3 is 2.84 bits per heavy atom. The molecule has 4 rings (SSSR count). The van der Waals surface area contributed by atoms with Crippen molar-refractivity contribution < 1.29 is 18.4 Å². The number of fused-ring (bicyclic) bond motifs is 1. The van der Waals surface area contributed by atoms with E-state index >= 15 is 0 Å². The Balaban J connectivity index is 1.42. The molecular formula is C23H22F2N4O2. The Morgan fingerprint density at radius 1 is 1.19 bits per heavy atom. The zero-order valence-electron chi connectivity index (χ0n) is 17.1. The SMILES string of the molecule is Cc1cccn2cc(CN3CCN(C(=O)C=Cc4cc(F)ccc4F)CCC3=O)nc12. The lowest BCUT2D eigenvalue weighted by Crippen LogP contribution is -2.34. The molecule has 0 aliphatic carbocycles. The summed E-state index contributed by atoms with van der Waals surface area (Å²) >= 11 is 0. The molecule has 8 heteroatoms. The molecule has 6 nitrogen and oxygen atoms in total. The van der Waals surface area contributed by atoms with Gasteiger partial charge >= 0.3 is 0 Å². The lowest BCUT2D eigenvalue weighted by molar-refractivity contribution is -0.131. The van der Waals surface area contributed by atoms with E-state index in [1.165, 1.54) is 12.2 Å². The van der Waals surface area contributed by atoms with Gasteiger partial charge in [-0.15, -0.1) is 0 Å². The van der Waals surface area contributed by atoms with E-state index in [2.05, 4.69) is 4.98 Å². The van der Waals surface area contributed by atoms with E-state index in [0.29, 0.717) is 19.6 Å². The number of carbonyl (C=O) groups is 2. The number of benzene rings is 1. The van der Waals surface area contributed by atoms with E-state index in [-0.39, 0.29) is 30.3 Å². The largest absolute Gasteiger partial charge is 0.337 e. The highest BCUT2D eigenvalue weighted by Gasteiger charge is 2.23. The van der Waals surface area contributed by atoms with Gasteiger partial charge < -0.3 is 14.2 Å². The predicted octanol–water partition coefficient (Wildman–Crippen LogP) is 3.20. The topological polar surface area (TPSA) is 57.9 Å². The Morgan fingerprint density at radius 2 is 2.03 bits per heavy atom. The third kappa shape index (κ3) is 4.63. The summed E-state index contributed by atoms with van der Waals surface area (Å²) in [5, 5.41) is 0. The molecule has 1 saturated heterocycles. The summed E-state index contributed by atoms with van der Waals surface area (Å²) in [6.07, 6.45) is 6.48. The van der Waals surface area contributed by atoms with Crippen LogP contribution in [-0.4, -0.2) is 50.6 Å². The van der Waals surface area contributed by atoms with Crippen molar-refractivity contribution in [2.75, 3.05) is 19.6 Å². The van der Waals surface area contributed by atoms with Gasteiger partial charge in [-0.2, -0.15) is 0 Å². The van der Waals surface area contributed by atoms with Crippen molar-refractivity contribution in [3.05, 3.63) is 77.3 Å². The molecule has 2 amide bonds. The van der Waals surface area contributed by atoms with Crippen LogP contribution in [-0.2, 0) is 16.1 Å². The van der Waals surface area contributed by atoms with Crippen molar-refractivity contribution >= 4 is 23.5 Å². The van der Waals surface area contributed by atoms with Crippen molar-refractivity contribution in [1.82, 2.24) is 19.2 Å². The summed E-state index contributed by atoms with van der Waals surface area (Å²) in [5.41, 5.74) is 2.69. The van der Waals surface area contributed by atoms with E-state index in [9.17, 15) is 18.4 Å². The molecule has 1 fully saturated rings. The van der Waals surface area contributed by atoms with Crippen molar-refractivity contribution in [3.8, 4) is 0 Å². The van der Waals surface area contributed by atoms with Gasteiger partial charge in [-0.05, 0) is 42.8 Å². The number of aromatic nitrogens is 2. The number of carbonyl (C=O) groups excluding carboxylic acids is 2. The maximum Gasteiger partial charge on any atom is 0.246 e. The predicted molar refractivity (Wildman–Crippen MR) is 112 cm³/mol. The molecule has 1 aliphatic rings. The molecule has 1 aliphatic heterocycles. The summed E-state index contributed by atoms with van der Waals surface area (Å²) in [4.78, 5) is 32.9. The van der Waals surface area contributed by atoms with Gasteiger partial charge in [0.15, 0.2) is 0 Å². The highest BCUT2D eigenvalue weighted by molar-refractivity contribution is 5.92. The molecule has 160 valence electrons. The fraction of sp³-hybridized carbons (Fsp3) is 0.261. The maximum atomic E-state index is 13.7. The second-order valence-electron chi connectivity index (χ2n) is 7.54. The summed E-state index contributed by atoms with van der Waals surface area (Å²) < 4.78 is 29.0. The number of amides is 2. The first-order chi connectivity index (χ1) is 14.9. The van der Waals surface area contributed by atoms with Crippen LogP contribution in [0.5, 0.6) is 0 Å². The molecule has 0 bridgehead atoms. The van der Waals surface area contributed by atoms with Gasteiger partial charge in [-0.3, -0.25) is 9.59 Å². The second-order valence-corrected chi connectivity index (χ2v) is 7.54. The van der Waals surface area contributed by atoms with E-state index in [1.807, 2.05) is 35.9 Å². The first-order valence-electron chi connectivity index (χ1n) is 10.0. The van der Waals surface area contributed by atoms with Gasteiger partial charge in [0.2, 0.25) is 11.8 Å². The number of pyridine rings is 1. The Hall–Kier alpha value is -3.55. The summed E-state index contributed by atoms with van der Waals surface area (Å²) in [7, 11) is 0. The zero-order valence-corrected chi connectivity index (χ0v) is 17.1. The molecule has 1 aromatic carbocycles. The molecular weight excluding hydrogens is 402 g/mol. The van der Waals surface area contributed by atoms with Crippen LogP contribution < -0.4 is 0 Å². The average Bonchev–Trinajstić information content (AvgIpc) is 3.08. The number of halogens is 2. The summed E-state index contributed by atoms with van der Waals surface area (Å²) in [6, 6.07) is 6.99. The fourth-order valence-corrected chi connectivity index (χ4v) is 3.64. The van der Waals surface area contributed by atoms with Crippen LogP contribution in [0.1, 0.15) is 23.2 Å². The molecule has 3 heterocycles. The minimum Gasteiger partial charge on any atom is -0.337 e. The van der Waals surface area contributed by atoms with Crippen molar-refractivity contribution in [2.24, 2.45) is 0 Å². The molecule has 0 atom stereocenters. The monoisotopic (exact) mass is 424 g/mol. The Bertz CT molecular complexity index is 1170. The van der Waals surface area contributed by atoms with Crippen LogP contribution in [0.4, 0.5) is 8.78 Å². The highest BCUT2D eigenvalue weighted by atomic mass is 19.1. The maximum absolute atomic E-state index is 13.7. The van der Waals surface area contributed by atoms with Crippen LogP contribution in [0, 0.1) is 18.6 Å². The Kier molecular flexibility index (Phi) is 5.79. The average molecular weight is 424 g/mol. The van der Waals surface area contributed by atoms with Gasteiger partial charge in [0.25, 0.3) is 0 Å². The van der Waals surface area contributed by atoms with E-state index in [4.69, 9.17) is 0 Å². The van der Waals surface area contributed by atoms with Gasteiger partial charge in [0.05, 0.1) is 12.2 Å². The second kappa shape index (κ2) is 8.67. The summed E-state index contributed by atoms with van der Waals surface area (Å²) in [5.74, 6) is -1.58. The fourth-order valence-electron chi connectivity index (χ4n) is 3.64. The number of imidazole rings is 1. The number of aryl methyl sites for hydroxylation is 1. The first kappa shape index (κ1) is 20.7. The van der Waals surface area contributed by atoms with Crippen LogP contribution in [0.15, 0.2) is 48.8 Å². The van der Waals surface area contributed by atoms with Gasteiger partial charge in [0, 0.05) is 50.1 Å².